The predicted octanol–water partition coefficient (Wildman–Crippen LogP) is 2.65. The molecule has 1 fully saturated rings. The van der Waals surface area contributed by atoms with Crippen LogP contribution in [0.25, 0.3) is 11.0 Å². The molecular formula is C24H28N4O5S. The number of rotatable bonds is 6. The van der Waals surface area contributed by atoms with Crippen LogP contribution in [0.4, 0.5) is 0 Å². The van der Waals surface area contributed by atoms with Crippen LogP contribution in [0, 0.1) is 0 Å². The van der Waals surface area contributed by atoms with Crippen molar-refractivity contribution in [2.75, 3.05) is 33.4 Å². The standard InChI is InChI=1S/C24H28N4O5S/c1-31-24(30)23-20-7-8-27(14-16-5-6-18-19(12-16)26-34-25-18)9-10-28(20)22(29)13-21(23)33-15-17-4-2-3-11-32-17/h5-6,12-13,17H,2-4,7-11,14-15H2,1H3. The minimum atomic E-state index is -0.488. The fourth-order valence-electron chi connectivity index (χ4n) is 4.69. The van der Waals surface area contributed by atoms with Crippen molar-refractivity contribution in [3.05, 3.63) is 51.4 Å². The van der Waals surface area contributed by atoms with E-state index in [9.17, 15) is 9.59 Å². The molecule has 0 N–H and O–H groups in total. The van der Waals surface area contributed by atoms with Crippen molar-refractivity contribution >= 4 is 28.7 Å². The quantitative estimate of drug-likeness (QED) is 0.493. The third-order valence-electron chi connectivity index (χ3n) is 6.50. The Morgan fingerprint density at radius 2 is 2.06 bits per heavy atom. The van der Waals surface area contributed by atoms with Crippen LogP contribution in [-0.2, 0) is 29.0 Å². The fourth-order valence-corrected chi connectivity index (χ4v) is 5.21. The van der Waals surface area contributed by atoms with Crippen LogP contribution in [-0.4, -0.2) is 63.7 Å². The van der Waals surface area contributed by atoms with Gasteiger partial charge in [0.15, 0.2) is 0 Å². The van der Waals surface area contributed by atoms with Gasteiger partial charge >= 0.3 is 5.97 Å². The Balaban J connectivity index is 1.37. The lowest BCUT2D eigenvalue weighted by Gasteiger charge is -2.24. The summed E-state index contributed by atoms with van der Waals surface area (Å²) in [5.41, 5.74) is 3.78. The molecule has 0 saturated carbocycles. The van der Waals surface area contributed by atoms with Gasteiger partial charge in [-0.2, -0.15) is 8.75 Å². The number of ether oxygens (including phenoxy) is 3. The highest BCUT2D eigenvalue weighted by Crippen LogP contribution is 2.26. The number of aromatic nitrogens is 3. The summed E-state index contributed by atoms with van der Waals surface area (Å²) < 4.78 is 27.1. The van der Waals surface area contributed by atoms with Crippen molar-refractivity contribution < 1.29 is 19.0 Å². The van der Waals surface area contributed by atoms with Gasteiger partial charge in [-0.25, -0.2) is 4.79 Å². The summed E-state index contributed by atoms with van der Waals surface area (Å²) in [6.45, 7) is 3.64. The fraction of sp³-hybridized carbons (Fsp3) is 0.500. The number of pyridine rings is 1. The third-order valence-corrected chi connectivity index (χ3v) is 7.06. The second kappa shape index (κ2) is 10.2. The van der Waals surface area contributed by atoms with Gasteiger partial charge in [0, 0.05) is 51.0 Å². The molecule has 34 heavy (non-hydrogen) atoms. The Morgan fingerprint density at radius 1 is 1.18 bits per heavy atom. The minimum Gasteiger partial charge on any atom is -0.490 e. The van der Waals surface area contributed by atoms with Gasteiger partial charge in [-0.15, -0.1) is 0 Å². The highest BCUT2D eigenvalue weighted by atomic mass is 32.1. The number of carbonyl (C=O) groups is 1. The third kappa shape index (κ3) is 4.84. The van der Waals surface area contributed by atoms with Crippen molar-refractivity contribution in [2.45, 2.75) is 44.9 Å². The number of hydrogen-bond acceptors (Lipinski definition) is 9. The number of methoxy groups -OCH3 is 1. The van der Waals surface area contributed by atoms with E-state index in [1.54, 1.807) is 4.57 Å². The van der Waals surface area contributed by atoms with Crippen molar-refractivity contribution in [1.29, 1.82) is 0 Å². The van der Waals surface area contributed by atoms with Crippen LogP contribution >= 0.6 is 11.7 Å². The average molecular weight is 485 g/mol. The van der Waals surface area contributed by atoms with Crippen LogP contribution in [0.1, 0.15) is 40.9 Å². The van der Waals surface area contributed by atoms with E-state index in [1.807, 2.05) is 6.07 Å². The summed E-state index contributed by atoms with van der Waals surface area (Å²) in [6.07, 6.45) is 3.57. The van der Waals surface area contributed by atoms with Gasteiger partial charge in [-0.3, -0.25) is 9.69 Å². The number of benzene rings is 1. The molecule has 1 atom stereocenters. The zero-order valence-corrected chi connectivity index (χ0v) is 20.0. The lowest BCUT2D eigenvalue weighted by molar-refractivity contribution is -0.0114. The van der Waals surface area contributed by atoms with Crippen molar-refractivity contribution in [3.63, 3.8) is 0 Å². The van der Waals surface area contributed by atoms with Crippen molar-refractivity contribution in [2.24, 2.45) is 0 Å². The first kappa shape index (κ1) is 22.9. The maximum absolute atomic E-state index is 13.0. The molecule has 10 heteroatoms. The van der Waals surface area contributed by atoms with E-state index in [1.165, 1.54) is 24.9 Å². The van der Waals surface area contributed by atoms with Gasteiger partial charge in [-0.1, -0.05) is 6.07 Å². The lowest BCUT2D eigenvalue weighted by Crippen LogP contribution is -2.30. The molecule has 2 aromatic heterocycles. The maximum Gasteiger partial charge on any atom is 0.343 e. The normalized spacial score (nSPS) is 18.9. The average Bonchev–Trinajstić information content (AvgIpc) is 3.23. The molecule has 4 heterocycles. The number of esters is 1. The summed E-state index contributed by atoms with van der Waals surface area (Å²) >= 11 is 1.21. The second-order valence-electron chi connectivity index (χ2n) is 8.72. The molecule has 0 bridgehead atoms. The molecule has 3 aromatic rings. The maximum atomic E-state index is 13.0. The van der Waals surface area contributed by atoms with Crippen LogP contribution in [0.3, 0.4) is 0 Å². The van der Waals surface area contributed by atoms with Crippen molar-refractivity contribution in [1.82, 2.24) is 18.2 Å². The topological polar surface area (TPSA) is 95.8 Å². The minimum absolute atomic E-state index is 0.0263. The monoisotopic (exact) mass is 484 g/mol. The Labute approximate surface area is 201 Å². The van der Waals surface area contributed by atoms with Gasteiger partial charge in [-0.05, 0) is 37.0 Å². The van der Waals surface area contributed by atoms with Gasteiger partial charge in [0.05, 0.1) is 24.9 Å². The SMILES string of the molecule is COC(=O)c1c(OCC2CCCCO2)cc(=O)n2c1CCN(Cc1ccc3nsnc3c1)CC2. The van der Waals surface area contributed by atoms with E-state index in [0.29, 0.717) is 50.5 Å². The van der Waals surface area contributed by atoms with Crippen LogP contribution in [0.2, 0.25) is 0 Å². The molecule has 180 valence electrons. The molecule has 0 aliphatic carbocycles. The zero-order valence-electron chi connectivity index (χ0n) is 19.2. The summed E-state index contributed by atoms with van der Waals surface area (Å²) in [7, 11) is 1.35. The second-order valence-corrected chi connectivity index (χ2v) is 9.25. The first-order valence-corrected chi connectivity index (χ1v) is 12.4. The largest absolute Gasteiger partial charge is 0.490 e. The van der Waals surface area contributed by atoms with Crippen molar-refractivity contribution in [3.8, 4) is 5.75 Å². The summed E-state index contributed by atoms with van der Waals surface area (Å²) in [5.74, 6) is -0.203. The highest BCUT2D eigenvalue weighted by molar-refractivity contribution is 7.00. The Bertz CT molecular complexity index is 1230. The van der Waals surface area contributed by atoms with Gasteiger partial charge in [0.2, 0.25) is 0 Å². The molecule has 2 aliphatic heterocycles. The van der Waals surface area contributed by atoms with Crippen LogP contribution < -0.4 is 10.3 Å². The molecule has 1 unspecified atom stereocenters. The van der Waals surface area contributed by atoms with E-state index in [4.69, 9.17) is 14.2 Å². The molecule has 1 aromatic carbocycles. The van der Waals surface area contributed by atoms with Gasteiger partial charge in [0.25, 0.3) is 5.56 Å². The molecule has 1 saturated heterocycles. The highest BCUT2D eigenvalue weighted by Gasteiger charge is 2.27. The summed E-state index contributed by atoms with van der Waals surface area (Å²) in [6, 6.07) is 7.52. The molecule has 9 nitrogen and oxygen atoms in total. The number of fused-ring (bicyclic) bond motifs is 2. The Hall–Kier alpha value is -2.82. The summed E-state index contributed by atoms with van der Waals surface area (Å²) in [4.78, 5) is 28.1. The predicted molar refractivity (Wildman–Crippen MR) is 128 cm³/mol. The summed E-state index contributed by atoms with van der Waals surface area (Å²) in [5, 5.41) is 0. The van der Waals surface area contributed by atoms with Crippen LogP contribution in [0.5, 0.6) is 5.75 Å². The first-order chi connectivity index (χ1) is 16.6. The van der Waals surface area contributed by atoms with E-state index >= 15 is 0 Å². The molecule has 0 spiro atoms. The molecular weight excluding hydrogens is 456 g/mol. The van der Waals surface area contributed by atoms with E-state index in [2.05, 4.69) is 25.8 Å². The van der Waals surface area contributed by atoms with E-state index in [0.717, 1.165) is 42.4 Å². The van der Waals surface area contributed by atoms with Gasteiger partial charge in [0.1, 0.15) is 29.0 Å². The molecule has 0 amide bonds. The van der Waals surface area contributed by atoms with Crippen LogP contribution in [0.15, 0.2) is 29.1 Å². The Morgan fingerprint density at radius 3 is 2.88 bits per heavy atom. The number of hydrogen-bond donors (Lipinski definition) is 0. The molecule has 2 aliphatic rings. The smallest absolute Gasteiger partial charge is 0.343 e. The Kier molecular flexibility index (Phi) is 6.89. The zero-order chi connectivity index (χ0) is 23.5. The number of nitrogens with zero attached hydrogens (tertiary/aromatic N) is 4. The molecule has 0 radical (unpaired) electrons. The lowest BCUT2D eigenvalue weighted by atomic mass is 10.1. The number of carbonyl (C=O) groups excluding carboxylic acids is 1. The van der Waals surface area contributed by atoms with Gasteiger partial charge < -0.3 is 18.8 Å². The van der Waals surface area contributed by atoms with E-state index < -0.39 is 5.97 Å². The first-order valence-electron chi connectivity index (χ1n) is 11.7. The van der Waals surface area contributed by atoms with E-state index in [-0.39, 0.29) is 17.4 Å². The molecule has 5 rings (SSSR count).